The molecular formula is C15H18N4OS. The third kappa shape index (κ3) is 1.08. The van der Waals surface area contributed by atoms with Gasteiger partial charge in [-0.05, 0) is 12.8 Å². The van der Waals surface area contributed by atoms with Crippen LogP contribution in [0.1, 0.15) is 38.5 Å². The quantitative estimate of drug-likeness (QED) is 0.739. The molecule has 2 aliphatic heterocycles. The number of thioether (sulfide) groups is 1. The maximum Gasteiger partial charge on any atom is 0.230 e. The highest BCUT2D eigenvalue weighted by molar-refractivity contribution is 8.00. The molecule has 0 aromatic heterocycles. The molecule has 21 heavy (non-hydrogen) atoms. The smallest absolute Gasteiger partial charge is 0.230 e. The van der Waals surface area contributed by atoms with Crippen LogP contribution in [0.25, 0.3) is 0 Å². The van der Waals surface area contributed by atoms with E-state index >= 15 is 0 Å². The van der Waals surface area contributed by atoms with Gasteiger partial charge in [0, 0.05) is 11.2 Å². The third-order valence-corrected chi connectivity index (χ3v) is 7.31. The lowest BCUT2D eigenvalue weighted by atomic mass is 9.83. The maximum absolute atomic E-state index is 10.1. The van der Waals surface area contributed by atoms with E-state index in [1.165, 1.54) is 12.8 Å². The number of fused-ring (bicyclic) bond motifs is 4. The van der Waals surface area contributed by atoms with Crippen molar-refractivity contribution >= 4 is 17.6 Å². The van der Waals surface area contributed by atoms with Crippen LogP contribution in [-0.2, 0) is 4.74 Å². The Hall–Kier alpha value is -1.24. The van der Waals surface area contributed by atoms with Gasteiger partial charge in [-0.15, -0.1) is 0 Å². The molecule has 110 valence electrons. The van der Waals surface area contributed by atoms with E-state index in [-0.39, 0.29) is 5.41 Å². The van der Waals surface area contributed by atoms with E-state index in [1.807, 2.05) is 0 Å². The summed E-state index contributed by atoms with van der Waals surface area (Å²) < 4.78 is 5.94. The summed E-state index contributed by atoms with van der Waals surface area (Å²) in [5.74, 6) is 1.14. The van der Waals surface area contributed by atoms with Gasteiger partial charge in [0.05, 0.1) is 18.7 Å². The van der Waals surface area contributed by atoms with Gasteiger partial charge in [-0.3, -0.25) is 0 Å². The Kier molecular flexibility index (Phi) is 2.52. The monoisotopic (exact) mass is 302 g/mol. The molecule has 1 saturated heterocycles. The molecular weight excluding hydrogens is 284 g/mol. The molecule has 0 bridgehead atoms. The third-order valence-electron chi connectivity index (χ3n) is 6.03. The van der Waals surface area contributed by atoms with Gasteiger partial charge in [0.25, 0.3) is 0 Å². The van der Waals surface area contributed by atoms with E-state index in [0.29, 0.717) is 12.4 Å². The van der Waals surface area contributed by atoms with Crippen molar-refractivity contribution in [2.45, 2.75) is 43.6 Å². The minimum Gasteiger partial charge on any atom is -0.386 e. The molecule has 0 aromatic carbocycles. The number of hydrogen-bond acceptors (Lipinski definition) is 6. The summed E-state index contributed by atoms with van der Waals surface area (Å²) in [5.41, 5.74) is 4.04. The predicted molar refractivity (Wildman–Crippen MR) is 79.0 cm³/mol. The van der Waals surface area contributed by atoms with E-state index in [0.717, 1.165) is 31.4 Å². The van der Waals surface area contributed by atoms with Crippen LogP contribution in [0.3, 0.4) is 0 Å². The number of nitrogens with two attached hydrogens (primary N) is 1. The van der Waals surface area contributed by atoms with Crippen LogP contribution in [0.4, 0.5) is 0 Å². The fourth-order valence-electron chi connectivity index (χ4n) is 5.27. The summed E-state index contributed by atoms with van der Waals surface area (Å²) in [6.45, 7) is 0.572. The van der Waals surface area contributed by atoms with Crippen LogP contribution in [0, 0.1) is 38.9 Å². The van der Waals surface area contributed by atoms with Crippen LogP contribution in [-0.4, -0.2) is 23.3 Å². The Bertz CT molecular complexity index is 604. The number of hydrogen-bond donors (Lipinski definition) is 1. The minimum atomic E-state index is -0.939. The van der Waals surface area contributed by atoms with Gasteiger partial charge >= 0.3 is 0 Å². The van der Waals surface area contributed by atoms with E-state index in [9.17, 15) is 10.5 Å². The number of rotatable bonds is 0. The van der Waals surface area contributed by atoms with Crippen molar-refractivity contribution in [2.75, 3.05) is 12.4 Å². The fraction of sp³-hybridized carbons (Fsp3) is 0.800. The van der Waals surface area contributed by atoms with Gasteiger partial charge in [0.2, 0.25) is 5.06 Å². The Morgan fingerprint density at radius 2 is 1.86 bits per heavy atom. The normalized spacial score (nSPS) is 46.5. The predicted octanol–water partition coefficient (Wildman–Crippen LogP) is 2.15. The zero-order valence-electron chi connectivity index (χ0n) is 11.9. The highest BCUT2D eigenvalue weighted by Crippen LogP contribution is 2.90. The second kappa shape index (κ2) is 3.94. The summed E-state index contributed by atoms with van der Waals surface area (Å²) in [5, 5.41) is 19.1. The molecule has 2 N–H and O–H groups in total. The van der Waals surface area contributed by atoms with Crippen molar-refractivity contribution in [1.82, 2.24) is 0 Å². The lowest BCUT2D eigenvalue weighted by Gasteiger charge is -2.31. The van der Waals surface area contributed by atoms with Crippen LogP contribution < -0.4 is 5.73 Å². The molecule has 3 atom stereocenters. The molecule has 3 fully saturated rings. The summed E-state index contributed by atoms with van der Waals surface area (Å²) in [6.07, 6.45) is 6.22. The van der Waals surface area contributed by atoms with Crippen LogP contribution in [0.15, 0.2) is 4.99 Å². The van der Waals surface area contributed by atoms with Crippen molar-refractivity contribution in [1.29, 1.82) is 10.5 Å². The van der Waals surface area contributed by atoms with E-state index in [4.69, 9.17) is 10.5 Å². The summed E-state index contributed by atoms with van der Waals surface area (Å²) in [7, 11) is 0. The van der Waals surface area contributed by atoms with Gasteiger partial charge < -0.3 is 10.5 Å². The Labute approximate surface area is 128 Å². The largest absolute Gasteiger partial charge is 0.386 e. The number of nitrogens with zero attached hydrogens (tertiary/aromatic N) is 3. The maximum atomic E-state index is 10.1. The van der Waals surface area contributed by atoms with Gasteiger partial charge in [0.15, 0.2) is 5.41 Å². The van der Waals surface area contributed by atoms with Crippen molar-refractivity contribution in [2.24, 2.45) is 27.0 Å². The lowest BCUT2D eigenvalue weighted by Crippen LogP contribution is -2.37. The van der Waals surface area contributed by atoms with Crippen molar-refractivity contribution in [3.8, 4) is 12.1 Å². The number of aliphatic imine (C=N–C) groups is 1. The zero-order valence-corrected chi connectivity index (χ0v) is 12.7. The molecule has 4 aliphatic rings. The van der Waals surface area contributed by atoms with Gasteiger partial charge in [0.1, 0.15) is 11.3 Å². The highest BCUT2D eigenvalue weighted by Gasteiger charge is 2.99. The van der Waals surface area contributed by atoms with E-state index < -0.39 is 15.9 Å². The average Bonchev–Trinajstić information content (AvgIpc) is 2.72. The fourth-order valence-corrected chi connectivity index (χ4v) is 6.65. The second-order valence-corrected chi connectivity index (χ2v) is 7.75. The topological polar surface area (TPSA) is 95.2 Å². The molecule has 0 radical (unpaired) electrons. The van der Waals surface area contributed by atoms with Gasteiger partial charge in [-0.1, -0.05) is 37.4 Å². The van der Waals surface area contributed by atoms with Crippen LogP contribution in [0.5, 0.6) is 0 Å². The standard InChI is InChI=1S/C15H18N4OS/c16-9-13-11(18)19-15(20-7-8-21-15)14(13,10-17)12(13)5-3-1-2-4-6-12/h1-8H2,(H2,18,19)/t13-,14+,15+/m0/s1. The molecule has 0 unspecified atom stereocenters. The molecule has 0 amide bonds. The molecule has 0 aromatic rings. The first-order chi connectivity index (χ1) is 10.2. The van der Waals surface area contributed by atoms with Crippen LogP contribution in [0.2, 0.25) is 0 Å². The molecule has 2 saturated carbocycles. The minimum absolute atomic E-state index is 0.336. The summed E-state index contributed by atoms with van der Waals surface area (Å²) in [4.78, 5) is 4.51. The molecule has 2 aliphatic carbocycles. The summed E-state index contributed by atoms with van der Waals surface area (Å²) in [6, 6.07) is 4.92. The Balaban J connectivity index is 1.93. The van der Waals surface area contributed by atoms with Crippen molar-refractivity contribution in [3.05, 3.63) is 0 Å². The first kappa shape index (κ1) is 13.4. The van der Waals surface area contributed by atoms with Crippen LogP contribution >= 0.6 is 11.8 Å². The molecule has 6 heteroatoms. The van der Waals surface area contributed by atoms with Gasteiger partial charge in [-0.2, -0.15) is 10.5 Å². The average molecular weight is 302 g/mol. The first-order valence-electron chi connectivity index (χ1n) is 7.63. The molecule has 2 spiro atoms. The zero-order chi connectivity index (χ0) is 14.8. The number of amidine groups is 1. The van der Waals surface area contributed by atoms with E-state index in [2.05, 4.69) is 17.1 Å². The number of ether oxygens (including phenoxy) is 1. The van der Waals surface area contributed by atoms with E-state index in [1.54, 1.807) is 11.8 Å². The Morgan fingerprint density at radius 3 is 2.38 bits per heavy atom. The Morgan fingerprint density at radius 1 is 1.14 bits per heavy atom. The summed E-state index contributed by atoms with van der Waals surface area (Å²) >= 11 is 1.55. The second-order valence-electron chi connectivity index (χ2n) is 6.50. The number of nitriles is 2. The SMILES string of the molecule is N#C[C@@]12C3(CCCCCC3)[C@]1(C#N)C(N)=N[C@@]21OCCS1. The van der Waals surface area contributed by atoms with Gasteiger partial charge in [-0.25, -0.2) is 4.99 Å². The molecule has 5 nitrogen and oxygen atoms in total. The molecule has 2 heterocycles. The lowest BCUT2D eigenvalue weighted by molar-refractivity contribution is 0.00558. The molecule has 4 rings (SSSR count). The van der Waals surface area contributed by atoms with Crippen molar-refractivity contribution < 1.29 is 4.74 Å². The van der Waals surface area contributed by atoms with Crippen molar-refractivity contribution in [3.63, 3.8) is 0 Å². The highest BCUT2D eigenvalue weighted by atomic mass is 32.2. The first-order valence-corrected chi connectivity index (χ1v) is 8.61.